The maximum Gasteiger partial charge on any atom is 0.193 e. The van der Waals surface area contributed by atoms with Gasteiger partial charge in [-0.2, -0.15) is 5.10 Å². The topological polar surface area (TPSA) is 45.5 Å². The van der Waals surface area contributed by atoms with E-state index >= 15 is 0 Å². The monoisotopic (exact) mass is 461 g/mol. The van der Waals surface area contributed by atoms with Crippen LogP contribution in [-0.4, -0.2) is 47.3 Å². The molecule has 0 aliphatic heterocycles. The van der Waals surface area contributed by atoms with Gasteiger partial charge in [0.05, 0.1) is 0 Å². The summed E-state index contributed by atoms with van der Waals surface area (Å²) in [5, 5.41) is 9.77. The minimum Gasteiger partial charge on any atom is -0.357 e. The molecule has 2 aromatic heterocycles. The van der Waals surface area contributed by atoms with E-state index in [-0.39, 0.29) is 24.0 Å². The van der Waals surface area contributed by atoms with Crippen molar-refractivity contribution >= 4 is 41.3 Å². The molecular weight excluding hydrogens is 433 g/mol. The van der Waals surface area contributed by atoms with E-state index in [1.807, 2.05) is 34.5 Å². The minimum absolute atomic E-state index is 0. The van der Waals surface area contributed by atoms with E-state index in [1.54, 1.807) is 0 Å². The van der Waals surface area contributed by atoms with Crippen LogP contribution in [0.15, 0.2) is 41.0 Å². The van der Waals surface area contributed by atoms with Crippen LogP contribution in [0.25, 0.3) is 0 Å². The molecule has 0 aromatic carbocycles. The Balaban J connectivity index is 0.00000288. The molecular formula is C17H28IN5S. The van der Waals surface area contributed by atoms with Crippen molar-refractivity contribution in [2.24, 2.45) is 10.9 Å². The third-order valence-electron chi connectivity index (χ3n) is 3.58. The molecule has 5 nitrogen and oxygen atoms in total. The van der Waals surface area contributed by atoms with E-state index in [0.717, 1.165) is 38.6 Å². The van der Waals surface area contributed by atoms with Crippen LogP contribution in [0.4, 0.5) is 0 Å². The Kier molecular flexibility index (Phi) is 10.0. The van der Waals surface area contributed by atoms with Crippen molar-refractivity contribution in [1.82, 2.24) is 20.0 Å². The maximum absolute atomic E-state index is 4.79. The van der Waals surface area contributed by atoms with Gasteiger partial charge in [0, 0.05) is 50.5 Å². The number of rotatable bonds is 8. The number of aliphatic imine (C=N–C) groups is 1. The van der Waals surface area contributed by atoms with Crippen LogP contribution in [0.1, 0.15) is 18.7 Å². The molecule has 2 rings (SSSR count). The molecule has 7 heteroatoms. The second-order valence-electron chi connectivity index (χ2n) is 5.78. The molecule has 1 atom stereocenters. The number of hydrogen-bond donors (Lipinski definition) is 1. The SMILES string of the molecule is CCNC(=NCC(C)Cn1cccn1)N(C)CCc1cccs1.I. The Hall–Kier alpha value is -1.09. The van der Waals surface area contributed by atoms with Gasteiger partial charge in [-0.1, -0.05) is 13.0 Å². The fourth-order valence-electron chi connectivity index (χ4n) is 2.34. The molecule has 0 fully saturated rings. The summed E-state index contributed by atoms with van der Waals surface area (Å²) in [6.07, 6.45) is 4.87. The van der Waals surface area contributed by atoms with Crippen molar-refractivity contribution in [3.05, 3.63) is 40.8 Å². The Morgan fingerprint density at radius 2 is 2.29 bits per heavy atom. The number of aromatic nitrogens is 2. The standard InChI is InChI=1S/C17H27N5S.HI/c1-4-18-17(21(3)11-8-16-7-5-12-23-16)19-13-15(2)14-22-10-6-9-20-22;/h5-7,9-10,12,15H,4,8,11,13-14H2,1-3H3,(H,18,19);1H. The lowest BCUT2D eigenvalue weighted by atomic mass is 10.2. The van der Waals surface area contributed by atoms with Gasteiger partial charge in [0.2, 0.25) is 0 Å². The first kappa shape index (κ1) is 21.0. The zero-order chi connectivity index (χ0) is 16.5. The van der Waals surface area contributed by atoms with E-state index in [4.69, 9.17) is 4.99 Å². The second-order valence-corrected chi connectivity index (χ2v) is 6.81. The Bertz CT molecular complexity index is 568. The summed E-state index contributed by atoms with van der Waals surface area (Å²) in [7, 11) is 2.10. The maximum atomic E-state index is 4.79. The first-order valence-corrected chi connectivity index (χ1v) is 9.06. The number of thiophene rings is 1. The van der Waals surface area contributed by atoms with Crippen molar-refractivity contribution in [2.75, 3.05) is 26.7 Å². The van der Waals surface area contributed by atoms with Gasteiger partial charge in [-0.3, -0.25) is 9.67 Å². The third-order valence-corrected chi connectivity index (χ3v) is 4.52. The predicted molar refractivity (Wildman–Crippen MR) is 113 cm³/mol. The normalized spacial score (nSPS) is 12.5. The lowest BCUT2D eigenvalue weighted by molar-refractivity contribution is 0.447. The van der Waals surface area contributed by atoms with Crippen LogP contribution >= 0.6 is 35.3 Å². The van der Waals surface area contributed by atoms with Gasteiger partial charge in [0.15, 0.2) is 5.96 Å². The molecule has 2 heterocycles. The number of guanidine groups is 1. The van der Waals surface area contributed by atoms with Crippen LogP contribution < -0.4 is 5.32 Å². The first-order valence-electron chi connectivity index (χ1n) is 8.18. The molecule has 0 saturated heterocycles. The number of halogens is 1. The number of nitrogens with zero attached hydrogens (tertiary/aromatic N) is 4. The predicted octanol–water partition coefficient (Wildman–Crippen LogP) is 3.34. The fourth-order valence-corrected chi connectivity index (χ4v) is 3.03. The van der Waals surface area contributed by atoms with Gasteiger partial charge < -0.3 is 10.2 Å². The molecule has 0 spiro atoms. The summed E-state index contributed by atoms with van der Waals surface area (Å²) in [4.78, 5) is 8.42. The summed E-state index contributed by atoms with van der Waals surface area (Å²) in [6, 6.07) is 6.25. The molecule has 134 valence electrons. The number of likely N-dealkylation sites (N-methyl/N-ethyl adjacent to an activating group) is 1. The molecule has 1 unspecified atom stereocenters. The molecule has 0 bridgehead atoms. The lowest BCUT2D eigenvalue weighted by Crippen LogP contribution is -2.40. The summed E-state index contributed by atoms with van der Waals surface area (Å²) in [5.41, 5.74) is 0. The van der Waals surface area contributed by atoms with Crippen molar-refractivity contribution in [2.45, 2.75) is 26.8 Å². The number of hydrogen-bond acceptors (Lipinski definition) is 3. The van der Waals surface area contributed by atoms with E-state index in [9.17, 15) is 0 Å². The average molecular weight is 461 g/mol. The molecule has 0 amide bonds. The highest BCUT2D eigenvalue weighted by molar-refractivity contribution is 14.0. The highest BCUT2D eigenvalue weighted by atomic mass is 127. The van der Waals surface area contributed by atoms with Crippen LogP contribution in [-0.2, 0) is 13.0 Å². The highest BCUT2D eigenvalue weighted by Crippen LogP contribution is 2.09. The molecule has 0 aliphatic rings. The molecule has 0 aliphatic carbocycles. The van der Waals surface area contributed by atoms with Crippen molar-refractivity contribution in [3.63, 3.8) is 0 Å². The summed E-state index contributed by atoms with van der Waals surface area (Å²) in [6.45, 7) is 7.87. The molecule has 0 radical (unpaired) electrons. The van der Waals surface area contributed by atoms with Crippen LogP contribution in [0.5, 0.6) is 0 Å². The van der Waals surface area contributed by atoms with Crippen LogP contribution in [0.3, 0.4) is 0 Å². The largest absolute Gasteiger partial charge is 0.357 e. The zero-order valence-electron chi connectivity index (χ0n) is 14.7. The first-order chi connectivity index (χ1) is 11.2. The highest BCUT2D eigenvalue weighted by Gasteiger charge is 2.08. The van der Waals surface area contributed by atoms with Gasteiger partial charge in [-0.15, -0.1) is 35.3 Å². The fraction of sp³-hybridized carbons (Fsp3) is 0.529. The average Bonchev–Trinajstić information content (AvgIpc) is 3.22. The van der Waals surface area contributed by atoms with E-state index < -0.39 is 0 Å². The minimum atomic E-state index is 0. The van der Waals surface area contributed by atoms with Crippen LogP contribution in [0, 0.1) is 5.92 Å². The van der Waals surface area contributed by atoms with Gasteiger partial charge in [-0.05, 0) is 36.8 Å². The molecule has 24 heavy (non-hydrogen) atoms. The third kappa shape index (κ3) is 7.21. The van der Waals surface area contributed by atoms with Crippen molar-refractivity contribution in [3.8, 4) is 0 Å². The molecule has 1 N–H and O–H groups in total. The smallest absolute Gasteiger partial charge is 0.193 e. The summed E-state index contributed by atoms with van der Waals surface area (Å²) in [5.74, 6) is 1.44. The van der Waals surface area contributed by atoms with Crippen LogP contribution in [0.2, 0.25) is 0 Å². The second kappa shape index (κ2) is 11.5. The van der Waals surface area contributed by atoms with E-state index in [0.29, 0.717) is 5.92 Å². The Morgan fingerprint density at radius 3 is 2.92 bits per heavy atom. The van der Waals surface area contributed by atoms with Gasteiger partial charge in [0.25, 0.3) is 0 Å². The summed E-state index contributed by atoms with van der Waals surface area (Å²) >= 11 is 1.81. The van der Waals surface area contributed by atoms with E-state index in [1.165, 1.54) is 4.88 Å². The quantitative estimate of drug-likeness (QED) is 0.373. The lowest BCUT2D eigenvalue weighted by Gasteiger charge is -2.22. The summed E-state index contributed by atoms with van der Waals surface area (Å²) < 4.78 is 1.97. The zero-order valence-corrected chi connectivity index (χ0v) is 17.8. The van der Waals surface area contributed by atoms with Crippen molar-refractivity contribution in [1.29, 1.82) is 0 Å². The molecule has 2 aromatic rings. The van der Waals surface area contributed by atoms with Gasteiger partial charge in [0.1, 0.15) is 0 Å². The Labute approximate surface area is 166 Å². The van der Waals surface area contributed by atoms with Crippen molar-refractivity contribution < 1.29 is 0 Å². The Morgan fingerprint density at radius 1 is 1.46 bits per heavy atom. The van der Waals surface area contributed by atoms with E-state index in [2.05, 4.69) is 53.7 Å². The number of nitrogens with one attached hydrogen (secondary N) is 1. The van der Waals surface area contributed by atoms with Gasteiger partial charge in [-0.25, -0.2) is 0 Å². The van der Waals surface area contributed by atoms with Gasteiger partial charge >= 0.3 is 0 Å². The molecule has 0 saturated carbocycles.